The maximum Gasteiger partial charge on any atom is 0.137 e. The van der Waals surface area contributed by atoms with Crippen molar-refractivity contribution >= 4 is 15.9 Å². The predicted octanol–water partition coefficient (Wildman–Crippen LogP) is 3.77. The molecule has 0 aromatic heterocycles. The highest BCUT2D eigenvalue weighted by Crippen LogP contribution is 2.23. The molecule has 0 atom stereocenters. The zero-order chi connectivity index (χ0) is 13.8. The third kappa shape index (κ3) is 3.52. The van der Waals surface area contributed by atoms with Crippen LogP contribution >= 0.6 is 15.9 Å². The molecule has 0 aliphatic heterocycles. The third-order valence-electron chi connectivity index (χ3n) is 2.64. The Morgan fingerprint density at radius 1 is 1.05 bits per heavy atom. The van der Waals surface area contributed by atoms with Crippen molar-refractivity contribution in [3.8, 4) is 5.75 Å². The van der Waals surface area contributed by atoms with Crippen molar-refractivity contribution in [3.63, 3.8) is 0 Å². The molecule has 0 amide bonds. The lowest BCUT2D eigenvalue weighted by atomic mass is 10.1. The first-order chi connectivity index (χ1) is 9.10. The fourth-order valence-corrected chi connectivity index (χ4v) is 1.92. The molecule has 100 valence electrons. The fourth-order valence-electron chi connectivity index (χ4n) is 1.56. The van der Waals surface area contributed by atoms with Crippen LogP contribution in [0, 0.1) is 11.6 Å². The van der Waals surface area contributed by atoms with Crippen LogP contribution in [0.4, 0.5) is 8.78 Å². The first kappa shape index (κ1) is 14.0. The second-order valence-corrected chi connectivity index (χ2v) is 4.85. The Hall–Kier alpha value is -1.46. The normalized spacial score (nSPS) is 10.5. The maximum absolute atomic E-state index is 13.7. The topological polar surface area (TPSA) is 35.2 Å². The number of benzene rings is 2. The molecule has 0 aliphatic carbocycles. The molecular weight excluding hydrogens is 316 g/mol. The molecule has 2 aromatic rings. The van der Waals surface area contributed by atoms with Gasteiger partial charge in [0.1, 0.15) is 24.0 Å². The number of ether oxygens (including phenoxy) is 1. The van der Waals surface area contributed by atoms with Crippen molar-refractivity contribution in [2.45, 2.75) is 13.2 Å². The molecule has 0 fully saturated rings. The van der Waals surface area contributed by atoms with Crippen molar-refractivity contribution in [1.29, 1.82) is 0 Å². The molecule has 2 nitrogen and oxygen atoms in total. The number of hydrogen-bond acceptors (Lipinski definition) is 2. The molecule has 0 aliphatic rings. The largest absolute Gasteiger partial charge is 0.489 e. The van der Waals surface area contributed by atoms with Gasteiger partial charge in [0.2, 0.25) is 0 Å². The van der Waals surface area contributed by atoms with Gasteiger partial charge in [-0.1, -0.05) is 12.1 Å². The molecule has 2 N–H and O–H groups in total. The second-order valence-electron chi connectivity index (χ2n) is 3.99. The Kier molecular flexibility index (Phi) is 4.50. The summed E-state index contributed by atoms with van der Waals surface area (Å²) in [6.45, 7) is 0.373. The van der Waals surface area contributed by atoms with Gasteiger partial charge in [-0.15, -0.1) is 0 Å². The van der Waals surface area contributed by atoms with E-state index in [0.717, 1.165) is 5.56 Å². The molecule has 2 aromatic carbocycles. The summed E-state index contributed by atoms with van der Waals surface area (Å²) in [6.07, 6.45) is 0. The van der Waals surface area contributed by atoms with E-state index in [4.69, 9.17) is 10.5 Å². The summed E-state index contributed by atoms with van der Waals surface area (Å²) in [6, 6.07) is 9.05. The summed E-state index contributed by atoms with van der Waals surface area (Å²) in [4.78, 5) is 0. The lowest BCUT2D eigenvalue weighted by Crippen LogP contribution is -2.02. The Morgan fingerprint density at radius 3 is 2.47 bits per heavy atom. The first-order valence-electron chi connectivity index (χ1n) is 5.65. The van der Waals surface area contributed by atoms with Crippen LogP contribution in [-0.4, -0.2) is 0 Å². The minimum absolute atomic E-state index is 0.0781. The highest BCUT2D eigenvalue weighted by molar-refractivity contribution is 9.10. The SMILES string of the molecule is NCc1ccc(COc2ccc(F)c(Br)c2)c(F)c1. The van der Waals surface area contributed by atoms with Crippen LogP contribution in [0.3, 0.4) is 0 Å². The van der Waals surface area contributed by atoms with E-state index >= 15 is 0 Å². The van der Waals surface area contributed by atoms with Gasteiger partial charge >= 0.3 is 0 Å². The van der Waals surface area contributed by atoms with E-state index in [0.29, 0.717) is 22.3 Å². The molecule has 0 heterocycles. The Balaban J connectivity index is 2.07. The van der Waals surface area contributed by atoms with E-state index in [-0.39, 0.29) is 18.2 Å². The zero-order valence-electron chi connectivity index (χ0n) is 10.00. The molecule has 0 unspecified atom stereocenters. The van der Waals surface area contributed by atoms with Gasteiger partial charge < -0.3 is 10.5 Å². The van der Waals surface area contributed by atoms with Crippen LogP contribution in [0.25, 0.3) is 0 Å². The monoisotopic (exact) mass is 327 g/mol. The van der Waals surface area contributed by atoms with Crippen molar-refractivity contribution in [3.05, 3.63) is 63.6 Å². The van der Waals surface area contributed by atoms with Gasteiger partial charge in [-0.05, 0) is 45.8 Å². The highest BCUT2D eigenvalue weighted by Gasteiger charge is 2.06. The number of hydrogen-bond donors (Lipinski definition) is 1. The van der Waals surface area contributed by atoms with Crippen LogP contribution < -0.4 is 10.5 Å². The molecule has 5 heteroatoms. The summed E-state index contributed by atoms with van der Waals surface area (Å²) in [7, 11) is 0. The lowest BCUT2D eigenvalue weighted by molar-refractivity contribution is 0.299. The standard InChI is InChI=1S/C14H12BrF2NO/c15-12-6-11(3-4-13(12)16)19-8-10-2-1-9(7-18)5-14(10)17/h1-6H,7-8,18H2. The molecule has 2 rings (SSSR count). The molecule has 19 heavy (non-hydrogen) atoms. The molecule has 0 spiro atoms. The number of rotatable bonds is 4. The van der Waals surface area contributed by atoms with E-state index in [1.165, 1.54) is 24.3 Å². The van der Waals surface area contributed by atoms with E-state index in [2.05, 4.69) is 15.9 Å². The van der Waals surface area contributed by atoms with Crippen molar-refractivity contribution < 1.29 is 13.5 Å². The van der Waals surface area contributed by atoms with Crippen LogP contribution in [0.1, 0.15) is 11.1 Å². The summed E-state index contributed by atoms with van der Waals surface area (Å²) >= 11 is 3.06. The predicted molar refractivity (Wildman–Crippen MR) is 72.7 cm³/mol. The lowest BCUT2D eigenvalue weighted by Gasteiger charge is -2.08. The number of halogens is 3. The minimum Gasteiger partial charge on any atom is -0.489 e. The van der Waals surface area contributed by atoms with E-state index in [1.54, 1.807) is 12.1 Å². The quantitative estimate of drug-likeness (QED) is 0.927. The summed E-state index contributed by atoms with van der Waals surface area (Å²) in [5, 5.41) is 0. The number of nitrogens with two attached hydrogens (primary N) is 1. The zero-order valence-corrected chi connectivity index (χ0v) is 11.6. The van der Waals surface area contributed by atoms with Gasteiger partial charge in [-0.25, -0.2) is 8.78 Å². The summed E-state index contributed by atoms with van der Waals surface area (Å²) < 4.78 is 32.4. The smallest absolute Gasteiger partial charge is 0.137 e. The summed E-state index contributed by atoms with van der Waals surface area (Å²) in [5.41, 5.74) is 6.58. The van der Waals surface area contributed by atoms with Gasteiger partial charge in [0, 0.05) is 12.1 Å². The molecule has 0 saturated heterocycles. The van der Waals surface area contributed by atoms with Gasteiger partial charge in [0.25, 0.3) is 0 Å². The van der Waals surface area contributed by atoms with Crippen molar-refractivity contribution in [2.75, 3.05) is 0 Å². The van der Waals surface area contributed by atoms with E-state index in [9.17, 15) is 8.78 Å². The minimum atomic E-state index is -0.370. The third-order valence-corrected chi connectivity index (χ3v) is 3.25. The van der Waals surface area contributed by atoms with Crippen LogP contribution in [-0.2, 0) is 13.2 Å². The Bertz CT molecular complexity index is 590. The average molecular weight is 328 g/mol. The van der Waals surface area contributed by atoms with E-state index < -0.39 is 0 Å². The van der Waals surface area contributed by atoms with Crippen molar-refractivity contribution in [2.24, 2.45) is 5.73 Å². The summed E-state index contributed by atoms with van der Waals surface area (Å²) in [5.74, 6) is -0.259. The van der Waals surface area contributed by atoms with Gasteiger partial charge in [0.05, 0.1) is 4.47 Å². The van der Waals surface area contributed by atoms with Gasteiger partial charge in [-0.3, -0.25) is 0 Å². The molecular formula is C14H12BrF2NO. The Morgan fingerprint density at radius 2 is 1.84 bits per heavy atom. The van der Waals surface area contributed by atoms with Crippen LogP contribution in [0.5, 0.6) is 5.75 Å². The fraction of sp³-hybridized carbons (Fsp3) is 0.143. The maximum atomic E-state index is 13.7. The second kappa shape index (κ2) is 6.12. The molecule has 0 radical (unpaired) electrons. The highest BCUT2D eigenvalue weighted by atomic mass is 79.9. The van der Waals surface area contributed by atoms with E-state index in [1.807, 2.05) is 0 Å². The Labute approximate surface area is 118 Å². The van der Waals surface area contributed by atoms with Crippen LogP contribution in [0.15, 0.2) is 40.9 Å². The first-order valence-corrected chi connectivity index (χ1v) is 6.44. The average Bonchev–Trinajstić information content (AvgIpc) is 2.41. The molecule has 0 bridgehead atoms. The van der Waals surface area contributed by atoms with Crippen molar-refractivity contribution in [1.82, 2.24) is 0 Å². The molecule has 0 saturated carbocycles. The van der Waals surface area contributed by atoms with Crippen LogP contribution in [0.2, 0.25) is 0 Å². The van der Waals surface area contributed by atoms with Gasteiger partial charge in [-0.2, -0.15) is 0 Å². The van der Waals surface area contributed by atoms with Gasteiger partial charge in [0.15, 0.2) is 0 Å².